The third kappa shape index (κ3) is 2.91. The van der Waals surface area contributed by atoms with Crippen molar-refractivity contribution < 1.29 is 0 Å². The van der Waals surface area contributed by atoms with E-state index in [2.05, 4.69) is 37.5 Å². The van der Waals surface area contributed by atoms with Crippen LogP contribution in [0.1, 0.15) is 34.1 Å². The lowest BCUT2D eigenvalue weighted by Crippen LogP contribution is -2.35. The number of hydrogen-bond donors (Lipinski definition) is 0. The van der Waals surface area contributed by atoms with Crippen LogP contribution in [0.4, 0.5) is 11.4 Å². The van der Waals surface area contributed by atoms with Crippen molar-refractivity contribution in [3.05, 3.63) is 14.7 Å². The Hall–Kier alpha value is -0.900. The van der Waals surface area contributed by atoms with Gasteiger partial charge in [0, 0.05) is 26.7 Å². The molecule has 102 valence electrons. The summed E-state index contributed by atoms with van der Waals surface area (Å²) in [6, 6.07) is 0. The molecule has 0 saturated carbocycles. The fourth-order valence-electron chi connectivity index (χ4n) is 2.12. The van der Waals surface area contributed by atoms with E-state index in [1.165, 1.54) is 0 Å². The summed E-state index contributed by atoms with van der Waals surface area (Å²) in [4.78, 5) is 16.2. The third-order valence-corrected chi connectivity index (χ3v) is 3.74. The van der Waals surface area contributed by atoms with E-state index < -0.39 is 0 Å². The first-order valence-electron chi connectivity index (χ1n) is 6.73. The molecule has 0 spiro atoms. The molecule has 0 heterocycles. The zero-order chi connectivity index (χ0) is 13.9. The maximum Gasteiger partial charge on any atom is 0.224 e. The zero-order valence-corrected chi connectivity index (χ0v) is 12.9. The second-order valence-corrected chi connectivity index (χ2v) is 5.54. The first-order valence-corrected chi connectivity index (χ1v) is 7.14. The van der Waals surface area contributed by atoms with Gasteiger partial charge in [-0.05, 0) is 26.2 Å². The fraction of sp³-hybridized carbons (Fsp3) is 0.714. The van der Waals surface area contributed by atoms with Gasteiger partial charge in [-0.2, -0.15) is 0 Å². The van der Waals surface area contributed by atoms with E-state index in [-0.39, 0.29) is 5.43 Å². The highest BCUT2D eigenvalue weighted by Gasteiger charge is 2.24. The SMILES string of the molecule is CCN(CC)c1c(N(C)CCC(C)C)c(=O)c1=S. The first kappa shape index (κ1) is 15.2. The van der Waals surface area contributed by atoms with Gasteiger partial charge < -0.3 is 9.80 Å². The summed E-state index contributed by atoms with van der Waals surface area (Å²) in [5.74, 6) is 0.645. The van der Waals surface area contributed by atoms with Gasteiger partial charge in [0.15, 0.2) is 0 Å². The highest BCUT2D eigenvalue weighted by atomic mass is 32.1. The summed E-state index contributed by atoms with van der Waals surface area (Å²) in [5.41, 5.74) is 1.83. The van der Waals surface area contributed by atoms with Crippen molar-refractivity contribution in [1.29, 1.82) is 0 Å². The highest BCUT2D eigenvalue weighted by Crippen LogP contribution is 2.30. The van der Waals surface area contributed by atoms with Gasteiger partial charge >= 0.3 is 0 Å². The van der Waals surface area contributed by atoms with Crippen LogP contribution in [-0.4, -0.2) is 26.7 Å². The Labute approximate surface area is 115 Å². The van der Waals surface area contributed by atoms with Crippen LogP contribution in [0.25, 0.3) is 0 Å². The Bertz CT molecular complexity index is 456. The maximum absolute atomic E-state index is 11.9. The van der Waals surface area contributed by atoms with E-state index >= 15 is 0 Å². The molecule has 0 aliphatic heterocycles. The number of hydrogen-bond acceptors (Lipinski definition) is 4. The second kappa shape index (κ2) is 6.32. The molecule has 0 atom stereocenters. The van der Waals surface area contributed by atoms with Crippen LogP contribution in [0.15, 0.2) is 4.79 Å². The smallest absolute Gasteiger partial charge is 0.224 e. The Kier molecular flexibility index (Phi) is 5.32. The number of nitrogens with zero attached hydrogens (tertiary/aromatic N) is 2. The van der Waals surface area contributed by atoms with Crippen LogP contribution >= 0.6 is 12.2 Å². The molecule has 1 aromatic carbocycles. The van der Waals surface area contributed by atoms with Gasteiger partial charge in [-0.1, -0.05) is 26.1 Å². The topological polar surface area (TPSA) is 23.6 Å². The van der Waals surface area contributed by atoms with Crippen LogP contribution in [0.5, 0.6) is 0 Å². The van der Waals surface area contributed by atoms with Crippen LogP contribution in [0.2, 0.25) is 0 Å². The molecule has 4 heteroatoms. The molecule has 3 nitrogen and oxygen atoms in total. The van der Waals surface area contributed by atoms with Crippen molar-refractivity contribution >= 4 is 23.6 Å². The molecule has 0 N–H and O–H groups in total. The van der Waals surface area contributed by atoms with Crippen molar-refractivity contribution in [2.45, 2.75) is 34.1 Å². The molecule has 0 aromatic heterocycles. The van der Waals surface area contributed by atoms with Crippen molar-refractivity contribution in [2.75, 3.05) is 36.5 Å². The second-order valence-electron chi connectivity index (χ2n) is 5.13. The van der Waals surface area contributed by atoms with E-state index in [9.17, 15) is 4.79 Å². The summed E-state index contributed by atoms with van der Waals surface area (Å²) in [6.07, 6.45) is 1.09. The lowest BCUT2D eigenvalue weighted by atomic mass is 10.1. The van der Waals surface area contributed by atoms with E-state index in [1.807, 2.05) is 7.05 Å². The molecule has 0 aliphatic carbocycles. The minimum atomic E-state index is 0.0400. The van der Waals surface area contributed by atoms with Gasteiger partial charge in [0.25, 0.3) is 0 Å². The molecule has 0 amide bonds. The first-order chi connectivity index (χ1) is 8.43. The Balaban J connectivity index is 2.92. The molecule has 0 bridgehead atoms. The van der Waals surface area contributed by atoms with Gasteiger partial charge in [-0.3, -0.25) is 4.79 Å². The fourth-order valence-corrected chi connectivity index (χ4v) is 2.44. The minimum Gasteiger partial charge on any atom is -0.370 e. The normalized spacial score (nSPS) is 11.2. The van der Waals surface area contributed by atoms with Crippen molar-refractivity contribution in [1.82, 2.24) is 0 Å². The molecule has 1 aromatic rings. The zero-order valence-electron chi connectivity index (χ0n) is 12.1. The van der Waals surface area contributed by atoms with Gasteiger partial charge in [0.2, 0.25) is 5.43 Å². The van der Waals surface area contributed by atoms with Gasteiger partial charge in [-0.25, -0.2) is 0 Å². The van der Waals surface area contributed by atoms with E-state index in [1.54, 1.807) is 0 Å². The molecule has 0 fully saturated rings. The molecular weight excluding hydrogens is 244 g/mol. The predicted molar refractivity (Wildman–Crippen MR) is 82.2 cm³/mol. The van der Waals surface area contributed by atoms with E-state index in [4.69, 9.17) is 12.2 Å². The lowest BCUT2D eigenvalue weighted by Gasteiger charge is -2.31. The third-order valence-electron chi connectivity index (χ3n) is 3.36. The molecule has 0 radical (unpaired) electrons. The monoisotopic (exact) mass is 268 g/mol. The van der Waals surface area contributed by atoms with E-state index in [0.29, 0.717) is 10.4 Å². The van der Waals surface area contributed by atoms with Crippen LogP contribution in [0, 0.1) is 10.4 Å². The predicted octanol–water partition coefficient (Wildman–Crippen LogP) is 2.98. The van der Waals surface area contributed by atoms with Crippen molar-refractivity contribution in [3.63, 3.8) is 0 Å². The van der Waals surface area contributed by atoms with Crippen LogP contribution < -0.4 is 15.2 Å². The van der Waals surface area contributed by atoms with Gasteiger partial charge in [-0.15, -0.1) is 0 Å². The number of anilines is 2. The summed E-state index contributed by atoms with van der Waals surface area (Å²) < 4.78 is 0.505. The molecule has 1 rings (SSSR count). The average molecular weight is 268 g/mol. The van der Waals surface area contributed by atoms with Crippen LogP contribution in [0.3, 0.4) is 0 Å². The average Bonchev–Trinajstić information content (AvgIpc) is 2.35. The Morgan fingerprint density at radius 1 is 1.17 bits per heavy atom. The Morgan fingerprint density at radius 3 is 2.17 bits per heavy atom. The summed E-state index contributed by atoms with van der Waals surface area (Å²) >= 11 is 5.19. The summed E-state index contributed by atoms with van der Waals surface area (Å²) in [6.45, 7) is 11.3. The molecular formula is C14H24N2OS. The summed E-state index contributed by atoms with van der Waals surface area (Å²) in [7, 11) is 1.99. The molecule has 0 saturated heterocycles. The standard InChI is InChI=1S/C14H24N2OS/c1-6-16(7-2)12-11(13(17)14(12)18)15(5)9-8-10(3)4/h10H,6-9H2,1-5H3. The largest absolute Gasteiger partial charge is 0.370 e. The molecule has 0 unspecified atom stereocenters. The Morgan fingerprint density at radius 2 is 1.72 bits per heavy atom. The number of rotatable bonds is 7. The lowest BCUT2D eigenvalue weighted by molar-refractivity contribution is 0.584. The van der Waals surface area contributed by atoms with Crippen LogP contribution in [-0.2, 0) is 0 Å². The maximum atomic E-state index is 11.9. The van der Waals surface area contributed by atoms with Crippen molar-refractivity contribution in [2.24, 2.45) is 5.92 Å². The van der Waals surface area contributed by atoms with Crippen molar-refractivity contribution in [3.8, 4) is 0 Å². The van der Waals surface area contributed by atoms with E-state index in [0.717, 1.165) is 37.4 Å². The highest BCUT2D eigenvalue weighted by molar-refractivity contribution is 7.71. The molecule has 0 aliphatic rings. The minimum absolute atomic E-state index is 0.0400. The van der Waals surface area contributed by atoms with Gasteiger partial charge in [0.1, 0.15) is 10.2 Å². The van der Waals surface area contributed by atoms with Gasteiger partial charge in [0.05, 0.1) is 5.69 Å². The molecule has 18 heavy (non-hydrogen) atoms. The summed E-state index contributed by atoms with van der Waals surface area (Å²) in [5, 5.41) is 0. The quantitative estimate of drug-likeness (QED) is 0.709.